The maximum Gasteiger partial charge on any atom is 0.339 e. The Labute approximate surface area is 256 Å². The number of hydrogen-bond donors (Lipinski definition) is 2. The number of hydrogen-bond acceptors (Lipinski definition) is 5. The van der Waals surface area contributed by atoms with Gasteiger partial charge in [0, 0.05) is 29.6 Å². The number of pyridine rings is 1. The van der Waals surface area contributed by atoms with E-state index in [-0.39, 0.29) is 46.6 Å². The van der Waals surface area contributed by atoms with Crippen molar-refractivity contribution in [2.24, 2.45) is 10.8 Å². The van der Waals surface area contributed by atoms with Gasteiger partial charge in [-0.3, -0.25) is 9.78 Å². The van der Waals surface area contributed by atoms with E-state index < -0.39 is 40.9 Å². The maximum absolute atomic E-state index is 15.6. The van der Waals surface area contributed by atoms with Crippen molar-refractivity contribution in [2.45, 2.75) is 78.9 Å². The number of carbonyl (C=O) groups excluding carboxylic acids is 2. The molecule has 1 aliphatic rings. The van der Waals surface area contributed by atoms with Crippen LogP contribution in [0.3, 0.4) is 0 Å². The fourth-order valence-electron chi connectivity index (χ4n) is 5.56. The molecule has 0 bridgehead atoms. The number of nitrogens with one attached hydrogen (secondary N) is 2. The van der Waals surface area contributed by atoms with Crippen LogP contribution in [0.15, 0.2) is 59.5 Å². The first-order chi connectivity index (χ1) is 19.7. The van der Waals surface area contributed by atoms with Crippen molar-refractivity contribution in [2.75, 3.05) is 6.61 Å². The van der Waals surface area contributed by atoms with E-state index in [9.17, 15) is 9.59 Å². The molecule has 3 rings (SSSR count). The van der Waals surface area contributed by atoms with Crippen LogP contribution < -0.4 is 10.6 Å². The van der Waals surface area contributed by atoms with Crippen LogP contribution in [-0.4, -0.2) is 35.6 Å². The number of allylic oxidation sites excluding steroid dienone is 4. The lowest BCUT2D eigenvalue weighted by molar-refractivity contribution is -0.123. The standard InChI is InChI=1S/C32H39Cl2F2N3O3/c1-7-20(33)14-21(35)15-32(6)25(16-31(3,4)5)39-28(26(32)23-10-9-11-24(34)27(23)36)29(40)38-18-22-13-12-19(17-37-22)30(41)42-8-2/h7,9-14,17,25-26,28,39H,8,15-16,18H2,1-6H3,(H,38,40). The van der Waals surface area contributed by atoms with E-state index in [0.717, 1.165) is 0 Å². The largest absolute Gasteiger partial charge is 0.462 e. The van der Waals surface area contributed by atoms with Crippen molar-refractivity contribution < 1.29 is 23.1 Å². The van der Waals surface area contributed by atoms with Crippen LogP contribution in [0.1, 0.15) is 81.9 Å². The summed E-state index contributed by atoms with van der Waals surface area (Å²) >= 11 is 12.3. The summed E-state index contributed by atoms with van der Waals surface area (Å²) in [6.45, 7) is 11.8. The molecule has 1 aliphatic heterocycles. The zero-order valence-electron chi connectivity index (χ0n) is 24.9. The Morgan fingerprint density at radius 2 is 1.95 bits per heavy atom. The molecule has 1 fully saturated rings. The molecular formula is C32H39Cl2F2N3O3. The second kappa shape index (κ2) is 14.1. The monoisotopic (exact) mass is 621 g/mol. The quantitative estimate of drug-likeness (QED) is 0.211. The molecule has 2 N–H and O–H groups in total. The third-order valence-corrected chi connectivity index (χ3v) is 8.15. The van der Waals surface area contributed by atoms with Gasteiger partial charge in [-0.05, 0) is 60.9 Å². The summed E-state index contributed by atoms with van der Waals surface area (Å²) in [4.78, 5) is 30.0. The molecule has 0 radical (unpaired) electrons. The van der Waals surface area contributed by atoms with Crippen LogP contribution in [-0.2, 0) is 16.1 Å². The van der Waals surface area contributed by atoms with Gasteiger partial charge in [-0.1, -0.05) is 69.1 Å². The molecule has 1 amide bonds. The van der Waals surface area contributed by atoms with Crippen LogP contribution >= 0.6 is 23.2 Å². The highest BCUT2D eigenvalue weighted by Crippen LogP contribution is 2.53. The van der Waals surface area contributed by atoms with Gasteiger partial charge in [0.1, 0.15) is 11.6 Å². The van der Waals surface area contributed by atoms with E-state index in [0.29, 0.717) is 17.7 Å². The summed E-state index contributed by atoms with van der Waals surface area (Å²) in [7, 11) is 0. The third kappa shape index (κ3) is 8.17. The minimum atomic E-state index is -0.939. The van der Waals surface area contributed by atoms with Crippen LogP contribution in [0.2, 0.25) is 5.02 Å². The van der Waals surface area contributed by atoms with Gasteiger partial charge in [-0.2, -0.15) is 0 Å². The van der Waals surface area contributed by atoms with E-state index in [2.05, 4.69) is 36.4 Å². The second-order valence-electron chi connectivity index (χ2n) is 12.0. The summed E-state index contributed by atoms with van der Waals surface area (Å²) in [5.74, 6) is -2.76. The van der Waals surface area contributed by atoms with Crippen LogP contribution in [0.5, 0.6) is 0 Å². The molecule has 0 aliphatic carbocycles. The molecule has 1 saturated heterocycles. The highest BCUT2D eigenvalue weighted by Gasteiger charge is 2.56. The maximum atomic E-state index is 15.6. The highest BCUT2D eigenvalue weighted by atomic mass is 35.5. The highest BCUT2D eigenvalue weighted by molar-refractivity contribution is 6.31. The zero-order valence-corrected chi connectivity index (χ0v) is 26.4. The van der Waals surface area contributed by atoms with Crippen LogP contribution in [0.4, 0.5) is 8.78 Å². The molecule has 1 aromatic carbocycles. The van der Waals surface area contributed by atoms with E-state index in [4.69, 9.17) is 27.9 Å². The Morgan fingerprint density at radius 3 is 2.55 bits per heavy atom. The number of rotatable bonds is 10. The van der Waals surface area contributed by atoms with Gasteiger partial charge >= 0.3 is 5.97 Å². The molecule has 1 aromatic heterocycles. The fourth-order valence-corrected chi connectivity index (χ4v) is 5.86. The lowest BCUT2D eigenvalue weighted by Gasteiger charge is -2.39. The third-order valence-electron chi connectivity index (χ3n) is 7.54. The first-order valence-electron chi connectivity index (χ1n) is 14.0. The average Bonchev–Trinajstić information content (AvgIpc) is 3.18. The molecule has 6 nitrogen and oxygen atoms in total. The first kappa shape index (κ1) is 33.7. The van der Waals surface area contributed by atoms with Crippen molar-refractivity contribution in [3.8, 4) is 0 Å². The molecular weight excluding hydrogens is 583 g/mol. The number of carbonyl (C=O) groups is 2. The number of aromatic nitrogens is 1. The summed E-state index contributed by atoms with van der Waals surface area (Å²) < 4.78 is 36.1. The zero-order chi connectivity index (χ0) is 31.2. The van der Waals surface area contributed by atoms with Crippen LogP contribution in [0.25, 0.3) is 0 Å². The summed E-state index contributed by atoms with van der Waals surface area (Å²) in [5.41, 5.74) is -0.0752. The van der Waals surface area contributed by atoms with E-state index in [1.54, 1.807) is 44.2 Å². The molecule has 10 heteroatoms. The molecule has 2 heterocycles. The Morgan fingerprint density at radius 1 is 1.24 bits per heavy atom. The smallest absolute Gasteiger partial charge is 0.339 e. The number of nitrogens with zero attached hydrogens (tertiary/aromatic N) is 1. The van der Waals surface area contributed by atoms with Gasteiger partial charge in [-0.25, -0.2) is 13.6 Å². The van der Waals surface area contributed by atoms with Gasteiger partial charge in [0.25, 0.3) is 0 Å². The number of halogens is 4. The van der Waals surface area contributed by atoms with Gasteiger partial charge in [0.2, 0.25) is 5.91 Å². The molecule has 2 aromatic rings. The molecule has 4 unspecified atom stereocenters. The van der Waals surface area contributed by atoms with Crippen LogP contribution in [0, 0.1) is 16.6 Å². The fraction of sp³-hybridized carbons (Fsp3) is 0.469. The topological polar surface area (TPSA) is 80.3 Å². The van der Waals surface area contributed by atoms with Gasteiger partial charge in [-0.15, -0.1) is 0 Å². The van der Waals surface area contributed by atoms with Crippen molar-refractivity contribution in [1.82, 2.24) is 15.6 Å². The Balaban J connectivity index is 2.00. The number of amides is 1. The van der Waals surface area contributed by atoms with Gasteiger partial charge in [0.15, 0.2) is 0 Å². The van der Waals surface area contributed by atoms with E-state index in [1.807, 2.05) is 6.92 Å². The molecule has 42 heavy (non-hydrogen) atoms. The number of esters is 1. The van der Waals surface area contributed by atoms with E-state index >= 15 is 8.78 Å². The second-order valence-corrected chi connectivity index (χ2v) is 12.8. The summed E-state index contributed by atoms with van der Waals surface area (Å²) in [6, 6.07) is 6.61. The van der Waals surface area contributed by atoms with Gasteiger partial charge < -0.3 is 15.4 Å². The van der Waals surface area contributed by atoms with Crippen molar-refractivity contribution in [3.05, 3.63) is 87.2 Å². The number of benzene rings is 1. The normalized spacial score (nSPS) is 23.1. The van der Waals surface area contributed by atoms with E-state index in [1.165, 1.54) is 18.3 Å². The minimum Gasteiger partial charge on any atom is -0.462 e. The molecule has 228 valence electrons. The van der Waals surface area contributed by atoms with Crippen molar-refractivity contribution in [1.29, 1.82) is 0 Å². The predicted octanol–water partition coefficient (Wildman–Crippen LogP) is 7.62. The predicted molar refractivity (Wildman–Crippen MR) is 162 cm³/mol. The molecule has 0 spiro atoms. The SMILES string of the molecule is CC=C(Cl)C=C(F)CC1(C)C(CC(C)(C)C)NC(C(=O)NCc2ccc(C(=O)OCC)cn2)C1c1cccc(Cl)c1F. The van der Waals surface area contributed by atoms with Crippen molar-refractivity contribution in [3.63, 3.8) is 0 Å². The lowest BCUT2D eigenvalue weighted by atomic mass is 9.64. The summed E-state index contributed by atoms with van der Waals surface area (Å²) in [5, 5.41) is 6.49. The lowest BCUT2D eigenvalue weighted by Crippen LogP contribution is -2.45. The Kier molecular flexibility index (Phi) is 11.3. The Hall–Kier alpha value is -2.81. The first-order valence-corrected chi connectivity index (χ1v) is 14.7. The Bertz CT molecular complexity index is 1340. The summed E-state index contributed by atoms with van der Waals surface area (Å²) in [6.07, 6.45) is 4.74. The number of ether oxygens (including phenoxy) is 1. The molecule has 4 atom stereocenters. The van der Waals surface area contributed by atoms with Crippen molar-refractivity contribution >= 4 is 35.1 Å². The molecule has 0 saturated carbocycles. The van der Waals surface area contributed by atoms with Gasteiger partial charge in [0.05, 0.1) is 35.5 Å². The average molecular weight is 623 g/mol. The minimum absolute atomic E-state index is 0.0662.